The van der Waals surface area contributed by atoms with Gasteiger partial charge >= 0.3 is 0 Å². The quantitative estimate of drug-likeness (QED) is 0.583. The molecule has 0 amide bonds. The predicted octanol–water partition coefficient (Wildman–Crippen LogP) is 3.41. The summed E-state index contributed by atoms with van der Waals surface area (Å²) in [7, 11) is 0. The smallest absolute Gasteiger partial charge is 0.204 e. The number of halogens is 1. The second kappa shape index (κ2) is 5.16. The fourth-order valence-electron chi connectivity index (χ4n) is 1.34. The van der Waals surface area contributed by atoms with Gasteiger partial charge < -0.3 is 0 Å². The molecule has 2 aromatic rings. The molecule has 0 aliphatic heterocycles. The van der Waals surface area contributed by atoms with Gasteiger partial charge in [-0.2, -0.15) is 0 Å². The molecule has 2 aromatic carbocycles. The number of carbonyl (C=O) groups excluding carboxylic acids is 1. The van der Waals surface area contributed by atoms with Crippen LogP contribution in [0.3, 0.4) is 0 Å². The van der Waals surface area contributed by atoms with Gasteiger partial charge in [-0.15, -0.1) is 0 Å². The van der Waals surface area contributed by atoms with Crippen molar-refractivity contribution < 1.29 is 9.18 Å². The number of Topliss-reactive ketones (excluding diaryl/α,β-unsaturated/α-hetero) is 1. The van der Waals surface area contributed by atoms with Gasteiger partial charge in [0.2, 0.25) is 5.78 Å². The van der Waals surface area contributed by atoms with Crippen LogP contribution in [0.2, 0.25) is 0 Å². The minimum absolute atomic E-state index is 0.171. The summed E-state index contributed by atoms with van der Waals surface area (Å²) in [5, 5.41) is 0. The Morgan fingerprint density at radius 3 is 2.29 bits per heavy atom. The molecule has 0 atom stereocenters. The van der Waals surface area contributed by atoms with Crippen LogP contribution in [0, 0.1) is 5.82 Å². The van der Waals surface area contributed by atoms with Crippen LogP contribution < -0.4 is 0 Å². The summed E-state index contributed by atoms with van der Waals surface area (Å²) < 4.78 is 12.6. The molecule has 0 unspecified atom stereocenters. The zero-order chi connectivity index (χ0) is 12.1. The maximum Gasteiger partial charge on any atom is 0.204 e. The molecule has 0 aromatic heterocycles. The molecular formula is C14H10FNO. The van der Waals surface area contributed by atoms with Crippen LogP contribution in [0.25, 0.3) is 0 Å². The Balaban J connectivity index is 2.11. The Morgan fingerprint density at radius 2 is 1.65 bits per heavy atom. The van der Waals surface area contributed by atoms with Crippen molar-refractivity contribution in [1.82, 2.24) is 0 Å². The first-order chi connectivity index (χ1) is 8.25. The average molecular weight is 227 g/mol. The summed E-state index contributed by atoms with van der Waals surface area (Å²) in [6, 6.07) is 14.5. The Bertz CT molecular complexity index is 532. The average Bonchev–Trinajstić information content (AvgIpc) is 2.39. The maximum atomic E-state index is 12.6. The van der Waals surface area contributed by atoms with Gasteiger partial charge in [-0.25, -0.2) is 4.39 Å². The van der Waals surface area contributed by atoms with Crippen LogP contribution in [-0.2, 0) is 0 Å². The van der Waals surface area contributed by atoms with Gasteiger partial charge in [0.1, 0.15) is 5.82 Å². The van der Waals surface area contributed by atoms with Gasteiger partial charge in [0.15, 0.2) is 0 Å². The number of benzene rings is 2. The molecular weight excluding hydrogens is 217 g/mol. The highest BCUT2D eigenvalue weighted by molar-refractivity contribution is 6.35. The van der Waals surface area contributed by atoms with Crippen molar-refractivity contribution >= 4 is 17.7 Å². The largest absolute Gasteiger partial charge is 0.288 e. The number of carbonyl (C=O) groups is 1. The minimum Gasteiger partial charge on any atom is -0.288 e. The highest BCUT2D eigenvalue weighted by Crippen LogP contribution is 2.11. The lowest BCUT2D eigenvalue weighted by atomic mass is 10.1. The van der Waals surface area contributed by atoms with E-state index in [2.05, 4.69) is 4.99 Å². The van der Waals surface area contributed by atoms with E-state index >= 15 is 0 Å². The van der Waals surface area contributed by atoms with E-state index in [1.54, 1.807) is 24.3 Å². The minimum atomic E-state index is -0.321. The zero-order valence-electron chi connectivity index (χ0n) is 9.01. The van der Waals surface area contributed by atoms with Crippen molar-refractivity contribution in [1.29, 1.82) is 0 Å². The van der Waals surface area contributed by atoms with Gasteiger partial charge in [0.25, 0.3) is 0 Å². The van der Waals surface area contributed by atoms with Crippen LogP contribution in [-0.4, -0.2) is 12.0 Å². The summed E-state index contributed by atoms with van der Waals surface area (Å²) in [6.45, 7) is 0. The van der Waals surface area contributed by atoms with Crippen molar-refractivity contribution in [3.8, 4) is 0 Å². The Kier molecular flexibility index (Phi) is 3.40. The van der Waals surface area contributed by atoms with E-state index in [4.69, 9.17) is 0 Å². The van der Waals surface area contributed by atoms with Crippen molar-refractivity contribution in [2.75, 3.05) is 0 Å². The Hall–Kier alpha value is -2.29. The van der Waals surface area contributed by atoms with Gasteiger partial charge in [0, 0.05) is 5.56 Å². The molecule has 3 heteroatoms. The third-order valence-electron chi connectivity index (χ3n) is 2.22. The molecule has 17 heavy (non-hydrogen) atoms. The third-order valence-corrected chi connectivity index (χ3v) is 2.22. The first-order valence-corrected chi connectivity index (χ1v) is 5.15. The fourth-order valence-corrected chi connectivity index (χ4v) is 1.34. The van der Waals surface area contributed by atoms with Crippen LogP contribution >= 0.6 is 0 Å². The molecule has 0 radical (unpaired) electrons. The van der Waals surface area contributed by atoms with E-state index in [1.165, 1.54) is 30.5 Å². The molecule has 0 aliphatic carbocycles. The van der Waals surface area contributed by atoms with Crippen molar-refractivity contribution in [2.24, 2.45) is 4.99 Å². The Labute approximate surface area is 98.4 Å². The predicted molar refractivity (Wildman–Crippen MR) is 65.3 cm³/mol. The third kappa shape index (κ3) is 3.08. The lowest BCUT2D eigenvalue weighted by molar-refractivity contribution is 0.107. The molecule has 0 spiro atoms. The molecule has 2 nitrogen and oxygen atoms in total. The van der Waals surface area contributed by atoms with E-state index in [9.17, 15) is 9.18 Å². The molecule has 0 fully saturated rings. The lowest BCUT2D eigenvalue weighted by Gasteiger charge is -1.94. The van der Waals surface area contributed by atoms with E-state index < -0.39 is 0 Å². The van der Waals surface area contributed by atoms with E-state index in [0.29, 0.717) is 11.3 Å². The van der Waals surface area contributed by atoms with Crippen molar-refractivity contribution in [2.45, 2.75) is 0 Å². The van der Waals surface area contributed by atoms with E-state index in [0.717, 1.165) is 0 Å². The van der Waals surface area contributed by atoms with Crippen molar-refractivity contribution in [3.63, 3.8) is 0 Å². The second-order valence-electron chi connectivity index (χ2n) is 3.46. The standard InChI is InChI=1S/C14H10FNO/c15-12-6-8-13(9-7-12)16-10-14(17)11-4-2-1-3-5-11/h1-10H. The summed E-state index contributed by atoms with van der Waals surface area (Å²) in [4.78, 5) is 15.6. The van der Waals surface area contributed by atoms with Gasteiger partial charge in [-0.3, -0.25) is 9.79 Å². The molecule has 0 N–H and O–H groups in total. The molecule has 2 rings (SSSR count). The van der Waals surface area contributed by atoms with Crippen LogP contribution in [0.1, 0.15) is 10.4 Å². The summed E-state index contributed by atoms with van der Waals surface area (Å²) >= 11 is 0. The fraction of sp³-hybridized carbons (Fsp3) is 0. The number of ketones is 1. The Morgan fingerprint density at radius 1 is 1.00 bits per heavy atom. The summed E-state index contributed by atoms with van der Waals surface area (Å²) in [5.41, 5.74) is 1.13. The molecule has 84 valence electrons. The zero-order valence-corrected chi connectivity index (χ0v) is 9.01. The second-order valence-corrected chi connectivity index (χ2v) is 3.46. The highest BCUT2D eigenvalue weighted by Gasteiger charge is 2.00. The molecule has 0 saturated carbocycles. The maximum absolute atomic E-state index is 12.6. The SMILES string of the molecule is O=C(C=Nc1ccc(F)cc1)c1ccccc1. The lowest BCUT2D eigenvalue weighted by Crippen LogP contribution is -1.98. The van der Waals surface area contributed by atoms with Gasteiger partial charge in [0.05, 0.1) is 11.9 Å². The number of rotatable bonds is 3. The number of hydrogen-bond donors (Lipinski definition) is 0. The summed E-state index contributed by atoms with van der Waals surface area (Å²) in [6.07, 6.45) is 1.24. The first kappa shape index (κ1) is 11.2. The van der Waals surface area contributed by atoms with Gasteiger partial charge in [-0.1, -0.05) is 30.3 Å². The molecule has 0 bridgehead atoms. The topological polar surface area (TPSA) is 29.4 Å². The molecule has 0 aliphatic rings. The molecule has 0 saturated heterocycles. The molecule has 0 heterocycles. The number of nitrogens with zero attached hydrogens (tertiary/aromatic N) is 1. The summed E-state index contributed by atoms with van der Waals surface area (Å²) in [5.74, 6) is -0.492. The number of hydrogen-bond acceptors (Lipinski definition) is 2. The van der Waals surface area contributed by atoms with E-state index in [1.807, 2.05) is 6.07 Å². The van der Waals surface area contributed by atoms with Crippen LogP contribution in [0.5, 0.6) is 0 Å². The highest BCUT2D eigenvalue weighted by atomic mass is 19.1. The van der Waals surface area contributed by atoms with Crippen molar-refractivity contribution in [3.05, 3.63) is 66.0 Å². The van der Waals surface area contributed by atoms with Crippen LogP contribution in [0.15, 0.2) is 59.6 Å². The van der Waals surface area contributed by atoms with Crippen LogP contribution in [0.4, 0.5) is 10.1 Å². The number of aliphatic imine (C=N–C) groups is 1. The van der Waals surface area contributed by atoms with Gasteiger partial charge in [-0.05, 0) is 24.3 Å². The normalized spacial score (nSPS) is 10.6. The van der Waals surface area contributed by atoms with E-state index in [-0.39, 0.29) is 11.6 Å². The first-order valence-electron chi connectivity index (χ1n) is 5.15. The monoisotopic (exact) mass is 227 g/mol.